The lowest BCUT2D eigenvalue weighted by molar-refractivity contribution is 0.997. The average molecular weight is 327 g/mol. The number of hydrogen-bond acceptors (Lipinski definition) is 2. The number of rotatable bonds is 3. The number of imidazole rings is 1. The van der Waals surface area contributed by atoms with Crippen LogP contribution in [-0.2, 0) is 0 Å². The van der Waals surface area contributed by atoms with E-state index >= 15 is 0 Å². The Morgan fingerprint density at radius 3 is 2.94 bits per heavy atom. The number of nitrogens with zero attached hydrogens (tertiary/aromatic N) is 2. The molecule has 1 aliphatic carbocycles. The van der Waals surface area contributed by atoms with Gasteiger partial charge in [0, 0.05) is 27.9 Å². The molecule has 0 radical (unpaired) electrons. The van der Waals surface area contributed by atoms with Crippen LogP contribution >= 0.6 is 27.5 Å². The summed E-state index contributed by atoms with van der Waals surface area (Å²) in [5.74, 6) is 0.873. The summed E-state index contributed by atoms with van der Waals surface area (Å²) in [6.07, 6.45) is 6.19. The van der Waals surface area contributed by atoms with Gasteiger partial charge in [-0.25, -0.2) is 4.98 Å². The zero-order valence-corrected chi connectivity index (χ0v) is 12.3. The van der Waals surface area contributed by atoms with Gasteiger partial charge >= 0.3 is 0 Å². The number of benzene rings is 1. The molecular weight excluding hydrogens is 314 g/mol. The third-order valence-corrected chi connectivity index (χ3v) is 4.08. The number of aryl methyl sites for hydroxylation is 1. The molecular formula is C13H13BrClN3. The minimum atomic E-state index is 0.575. The van der Waals surface area contributed by atoms with E-state index in [9.17, 15) is 0 Å². The van der Waals surface area contributed by atoms with E-state index in [1.54, 1.807) is 6.20 Å². The highest BCUT2D eigenvalue weighted by atomic mass is 79.9. The van der Waals surface area contributed by atoms with Gasteiger partial charge in [0.25, 0.3) is 0 Å². The van der Waals surface area contributed by atoms with Gasteiger partial charge in [-0.3, -0.25) is 4.57 Å². The standard InChI is InChI=1S/C13H13BrClN3/c1-8-6-10(14)12(7-11(8)15)18-5-4-16-13(18)17-9-2-3-9/h4-7,9H,2-3H2,1H3,(H,16,17). The predicted octanol–water partition coefficient (Wildman–Crippen LogP) is 4.17. The molecule has 0 amide bonds. The lowest BCUT2D eigenvalue weighted by Gasteiger charge is -2.12. The van der Waals surface area contributed by atoms with Crippen LogP contribution in [-0.4, -0.2) is 15.6 Å². The Kier molecular flexibility index (Phi) is 3.08. The predicted molar refractivity (Wildman–Crippen MR) is 77.7 cm³/mol. The van der Waals surface area contributed by atoms with Gasteiger partial charge in [0.1, 0.15) is 0 Å². The van der Waals surface area contributed by atoms with Crippen molar-refractivity contribution in [3.05, 3.63) is 39.6 Å². The van der Waals surface area contributed by atoms with Crippen molar-refractivity contribution in [2.45, 2.75) is 25.8 Å². The maximum atomic E-state index is 6.20. The quantitative estimate of drug-likeness (QED) is 0.917. The summed E-state index contributed by atoms with van der Waals surface area (Å²) in [6.45, 7) is 1.99. The van der Waals surface area contributed by atoms with E-state index in [2.05, 4.69) is 26.2 Å². The molecule has 1 heterocycles. The first-order chi connectivity index (χ1) is 8.65. The van der Waals surface area contributed by atoms with Gasteiger partial charge in [0.05, 0.1) is 5.69 Å². The molecule has 3 nitrogen and oxygen atoms in total. The zero-order chi connectivity index (χ0) is 12.7. The van der Waals surface area contributed by atoms with Crippen LogP contribution in [0.4, 0.5) is 5.95 Å². The molecule has 0 saturated heterocycles. The van der Waals surface area contributed by atoms with Gasteiger partial charge in [-0.15, -0.1) is 0 Å². The van der Waals surface area contributed by atoms with Crippen LogP contribution in [0.25, 0.3) is 5.69 Å². The van der Waals surface area contributed by atoms with Gasteiger partial charge in [-0.05, 0) is 53.4 Å². The molecule has 94 valence electrons. The number of nitrogens with one attached hydrogen (secondary N) is 1. The van der Waals surface area contributed by atoms with Gasteiger partial charge in [0.2, 0.25) is 5.95 Å². The average Bonchev–Trinajstić information content (AvgIpc) is 3.02. The highest BCUT2D eigenvalue weighted by Gasteiger charge is 2.23. The van der Waals surface area contributed by atoms with Crippen LogP contribution in [0.15, 0.2) is 29.0 Å². The van der Waals surface area contributed by atoms with Gasteiger partial charge in [0.15, 0.2) is 0 Å². The first-order valence-corrected chi connectivity index (χ1v) is 7.08. The lowest BCUT2D eigenvalue weighted by Crippen LogP contribution is -2.08. The molecule has 1 aliphatic rings. The minimum Gasteiger partial charge on any atom is -0.353 e. The van der Waals surface area contributed by atoms with E-state index in [4.69, 9.17) is 11.6 Å². The summed E-state index contributed by atoms with van der Waals surface area (Å²) in [4.78, 5) is 4.35. The second kappa shape index (κ2) is 4.59. The molecule has 18 heavy (non-hydrogen) atoms. The molecule has 3 rings (SSSR count). The molecule has 2 aromatic rings. The molecule has 1 saturated carbocycles. The van der Waals surface area contributed by atoms with Crippen molar-refractivity contribution in [2.24, 2.45) is 0 Å². The van der Waals surface area contributed by atoms with Crippen molar-refractivity contribution < 1.29 is 0 Å². The molecule has 1 fully saturated rings. The zero-order valence-electron chi connectivity index (χ0n) is 9.95. The van der Waals surface area contributed by atoms with Crippen LogP contribution in [0.5, 0.6) is 0 Å². The maximum absolute atomic E-state index is 6.20. The summed E-state index contributed by atoms with van der Waals surface area (Å²) in [7, 11) is 0. The van der Waals surface area contributed by atoms with Crippen molar-refractivity contribution in [3.8, 4) is 5.69 Å². The Bertz CT molecular complexity index is 590. The monoisotopic (exact) mass is 325 g/mol. The summed E-state index contributed by atoms with van der Waals surface area (Å²) >= 11 is 9.78. The number of anilines is 1. The smallest absolute Gasteiger partial charge is 0.207 e. The molecule has 5 heteroatoms. The van der Waals surface area contributed by atoms with Crippen LogP contribution in [0.1, 0.15) is 18.4 Å². The van der Waals surface area contributed by atoms with E-state index in [-0.39, 0.29) is 0 Å². The van der Waals surface area contributed by atoms with E-state index < -0.39 is 0 Å². The van der Waals surface area contributed by atoms with Crippen molar-refractivity contribution >= 4 is 33.5 Å². The number of hydrogen-bond donors (Lipinski definition) is 1. The Labute approximate surface area is 119 Å². The van der Waals surface area contributed by atoms with Crippen LogP contribution in [0.2, 0.25) is 5.02 Å². The van der Waals surface area contributed by atoms with Crippen LogP contribution in [0, 0.1) is 6.92 Å². The molecule has 0 unspecified atom stereocenters. The molecule has 0 atom stereocenters. The summed E-state index contributed by atoms with van der Waals surface area (Å²) < 4.78 is 3.04. The Balaban J connectivity index is 2.03. The maximum Gasteiger partial charge on any atom is 0.207 e. The lowest BCUT2D eigenvalue weighted by atomic mass is 10.2. The third kappa shape index (κ3) is 2.27. The van der Waals surface area contributed by atoms with Crippen molar-refractivity contribution in [1.82, 2.24) is 9.55 Å². The Morgan fingerprint density at radius 2 is 2.22 bits per heavy atom. The van der Waals surface area contributed by atoms with Gasteiger partial charge in [-0.2, -0.15) is 0 Å². The largest absolute Gasteiger partial charge is 0.353 e. The summed E-state index contributed by atoms with van der Waals surface area (Å²) in [5.41, 5.74) is 2.07. The fourth-order valence-electron chi connectivity index (χ4n) is 1.84. The molecule has 0 bridgehead atoms. The minimum absolute atomic E-state index is 0.575. The summed E-state index contributed by atoms with van der Waals surface area (Å²) in [6, 6.07) is 4.56. The van der Waals surface area contributed by atoms with E-state index in [1.807, 2.05) is 29.8 Å². The number of aromatic nitrogens is 2. The van der Waals surface area contributed by atoms with E-state index in [0.29, 0.717) is 6.04 Å². The van der Waals surface area contributed by atoms with Gasteiger partial charge in [-0.1, -0.05) is 11.6 Å². The highest BCUT2D eigenvalue weighted by molar-refractivity contribution is 9.10. The second-order valence-corrected chi connectivity index (χ2v) is 5.85. The van der Waals surface area contributed by atoms with E-state index in [0.717, 1.165) is 26.7 Å². The first-order valence-electron chi connectivity index (χ1n) is 5.91. The summed E-state index contributed by atoms with van der Waals surface area (Å²) in [5, 5.41) is 4.18. The fourth-order valence-corrected chi connectivity index (χ4v) is 2.64. The Hall–Kier alpha value is -1.00. The second-order valence-electron chi connectivity index (χ2n) is 4.59. The first kappa shape index (κ1) is 12.1. The molecule has 1 aromatic heterocycles. The fraction of sp³-hybridized carbons (Fsp3) is 0.308. The normalized spacial score (nSPS) is 14.8. The van der Waals surface area contributed by atoms with E-state index in [1.165, 1.54) is 12.8 Å². The van der Waals surface area contributed by atoms with Crippen LogP contribution < -0.4 is 5.32 Å². The SMILES string of the molecule is Cc1cc(Br)c(-n2ccnc2NC2CC2)cc1Cl. The van der Waals surface area contributed by atoms with Crippen LogP contribution in [0.3, 0.4) is 0 Å². The molecule has 0 aliphatic heterocycles. The Morgan fingerprint density at radius 1 is 1.44 bits per heavy atom. The molecule has 0 spiro atoms. The molecule has 1 aromatic carbocycles. The van der Waals surface area contributed by atoms with Crippen molar-refractivity contribution in [3.63, 3.8) is 0 Å². The topological polar surface area (TPSA) is 29.9 Å². The van der Waals surface area contributed by atoms with Gasteiger partial charge < -0.3 is 5.32 Å². The van der Waals surface area contributed by atoms with Crippen molar-refractivity contribution in [1.29, 1.82) is 0 Å². The van der Waals surface area contributed by atoms with Crippen molar-refractivity contribution in [2.75, 3.05) is 5.32 Å². The molecule has 1 N–H and O–H groups in total. The third-order valence-electron chi connectivity index (χ3n) is 3.04. The number of halogens is 2. The highest BCUT2D eigenvalue weighted by Crippen LogP contribution is 2.31.